The summed E-state index contributed by atoms with van der Waals surface area (Å²) in [5.74, 6) is -0.0654. The lowest BCUT2D eigenvalue weighted by Gasteiger charge is -2.16. The van der Waals surface area contributed by atoms with Gasteiger partial charge in [0.25, 0.3) is 0 Å². The quantitative estimate of drug-likeness (QED) is 0.669. The molecule has 0 aromatic heterocycles. The predicted molar refractivity (Wildman–Crippen MR) is 66.5 cm³/mol. The maximum absolute atomic E-state index is 12.1. The molecular formula is C13H16F3NO3. The highest BCUT2D eigenvalue weighted by Crippen LogP contribution is 2.32. The van der Waals surface area contributed by atoms with Crippen molar-refractivity contribution in [2.24, 2.45) is 5.73 Å². The van der Waals surface area contributed by atoms with Gasteiger partial charge < -0.3 is 15.2 Å². The fraction of sp³-hybridized carbons (Fsp3) is 0.462. The van der Waals surface area contributed by atoms with Gasteiger partial charge in [0.1, 0.15) is 0 Å². The first-order valence-electron chi connectivity index (χ1n) is 5.91. The molecule has 0 fully saturated rings. The molecule has 0 radical (unpaired) electrons. The van der Waals surface area contributed by atoms with Gasteiger partial charge in [0, 0.05) is 19.4 Å². The van der Waals surface area contributed by atoms with E-state index in [4.69, 9.17) is 15.2 Å². The lowest BCUT2D eigenvalue weighted by Crippen LogP contribution is -2.16. The van der Waals surface area contributed by atoms with Crippen LogP contribution in [0.1, 0.15) is 31.4 Å². The number of methoxy groups -OCH3 is 1. The summed E-state index contributed by atoms with van der Waals surface area (Å²) >= 11 is 0. The average molecular weight is 291 g/mol. The van der Waals surface area contributed by atoms with Crippen LogP contribution in [0.2, 0.25) is 0 Å². The molecule has 0 unspecified atom stereocenters. The maximum atomic E-state index is 12.1. The largest absolute Gasteiger partial charge is 0.493 e. The zero-order valence-electron chi connectivity index (χ0n) is 11.2. The zero-order chi connectivity index (χ0) is 15.3. The number of alkyl halides is 3. The van der Waals surface area contributed by atoms with Crippen molar-refractivity contribution in [3.8, 4) is 11.5 Å². The second-order valence-electron chi connectivity index (χ2n) is 4.26. The van der Waals surface area contributed by atoms with Gasteiger partial charge in [0.2, 0.25) is 0 Å². The second-order valence-corrected chi connectivity index (χ2v) is 4.26. The SMILES string of the molecule is COc1cc([C@H](N)CCC(F)(F)F)ccc1OC(C)=O. The van der Waals surface area contributed by atoms with E-state index in [1.54, 1.807) is 0 Å². The number of ether oxygens (including phenoxy) is 2. The molecule has 0 spiro atoms. The van der Waals surface area contributed by atoms with E-state index >= 15 is 0 Å². The summed E-state index contributed by atoms with van der Waals surface area (Å²) in [5, 5.41) is 0. The number of hydrogen-bond donors (Lipinski definition) is 1. The minimum Gasteiger partial charge on any atom is -0.493 e. The van der Waals surface area contributed by atoms with Gasteiger partial charge in [0.15, 0.2) is 11.5 Å². The van der Waals surface area contributed by atoms with Crippen molar-refractivity contribution in [1.82, 2.24) is 0 Å². The molecule has 7 heteroatoms. The fourth-order valence-corrected chi connectivity index (χ4v) is 1.64. The monoisotopic (exact) mass is 291 g/mol. The van der Waals surface area contributed by atoms with E-state index in [-0.39, 0.29) is 17.9 Å². The standard InChI is InChI=1S/C13H16F3NO3/c1-8(18)20-11-4-3-9(7-12(11)19-2)10(17)5-6-13(14,15)16/h3-4,7,10H,5-6,17H2,1-2H3/t10-/m1/s1. The smallest absolute Gasteiger partial charge is 0.389 e. The van der Waals surface area contributed by atoms with Crippen LogP contribution in [-0.4, -0.2) is 19.3 Å². The topological polar surface area (TPSA) is 61.6 Å². The molecule has 1 aromatic rings. The van der Waals surface area contributed by atoms with E-state index in [2.05, 4.69) is 0 Å². The number of carbonyl (C=O) groups is 1. The number of halogens is 3. The first-order chi connectivity index (χ1) is 9.23. The van der Waals surface area contributed by atoms with Gasteiger partial charge in [-0.15, -0.1) is 0 Å². The second kappa shape index (κ2) is 6.60. The molecule has 1 atom stereocenters. The Balaban J connectivity index is 2.83. The van der Waals surface area contributed by atoms with Crippen molar-refractivity contribution < 1.29 is 27.4 Å². The van der Waals surface area contributed by atoms with Crippen LogP contribution in [-0.2, 0) is 4.79 Å². The van der Waals surface area contributed by atoms with Crippen LogP contribution in [0, 0.1) is 0 Å². The molecule has 112 valence electrons. The number of rotatable bonds is 5. The Labute approximate surface area is 114 Å². The normalized spacial score (nSPS) is 12.9. The van der Waals surface area contributed by atoms with Crippen LogP contribution < -0.4 is 15.2 Å². The van der Waals surface area contributed by atoms with Crippen molar-refractivity contribution in [2.75, 3.05) is 7.11 Å². The van der Waals surface area contributed by atoms with E-state index in [0.29, 0.717) is 5.56 Å². The lowest BCUT2D eigenvalue weighted by atomic mass is 10.0. The third-order valence-electron chi connectivity index (χ3n) is 2.61. The molecule has 0 saturated carbocycles. The van der Waals surface area contributed by atoms with E-state index in [9.17, 15) is 18.0 Å². The first-order valence-corrected chi connectivity index (χ1v) is 5.91. The number of esters is 1. The number of nitrogens with two attached hydrogens (primary N) is 1. The molecule has 1 aromatic carbocycles. The summed E-state index contributed by atoms with van der Waals surface area (Å²) in [6, 6.07) is 3.67. The van der Waals surface area contributed by atoms with Gasteiger partial charge in [-0.05, 0) is 24.1 Å². The maximum Gasteiger partial charge on any atom is 0.389 e. The zero-order valence-corrected chi connectivity index (χ0v) is 11.2. The molecule has 0 heterocycles. The number of benzene rings is 1. The van der Waals surface area contributed by atoms with E-state index in [1.807, 2.05) is 0 Å². The van der Waals surface area contributed by atoms with Gasteiger partial charge in [-0.25, -0.2) is 0 Å². The first kappa shape index (κ1) is 16.3. The average Bonchev–Trinajstić information content (AvgIpc) is 2.34. The van der Waals surface area contributed by atoms with Crippen molar-refractivity contribution in [3.05, 3.63) is 23.8 Å². The summed E-state index contributed by atoms with van der Waals surface area (Å²) in [7, 11) is 1.37. The van der Waals surface area contributed by atoms with E-state index in [1.165, 1.54) is 32.2 Å². The molecule has 0 aliphatic rings. The lowest BCUT2D eigenvalue weighted by molar-refractivity contribution is -0.136. The van der Waals surface area contributed by atoms with Crippen molar-refractivity contribution in [3.63, 3.8) is 0 Å². The molecule has 0 aliphatic carbocycles. The Kier molecular flexibility index (Phi) is 5.38. The molecule has 2 N–H and O–H groups in total. The van der Waals surface area contributed by atoms with Crippen molar-refractivity contribution in [1.29, 1.82) is 0 Å². The van der Waals surface area contributed by atoms with Crippen LogP contribution in [0.5, 0.6) is 11.5 Å². The Morgan fingerprint density at radius 2 is 2.00 bits per heavy atom. The summed E-state index contributed by atoms with van der Waals surface area (Å²) in [6.07, 6.45) is -5.42. The van der Waals surface area contributed by atoms with Gasteiger partial charge in [-0.2, -0.15) is 13.2 Å². The van der Waals surface area contributed by atoms with Crippen LogP contribution in [0.3, 0.4) is 0 Å². The van der Waals surface area contributed by atoms with E-state index in [0.717, 1.165) is 0 Å². The summed E-state index contributed by atoms with van der Waals surface area (Å²) in [5.41, 5.74) is 6.20. The van der Waals surface area contributed by atoms with Crippen LogP contribution in [0.15, 0.2) is 18.2 Å². The molecular weight excluding hydrogens is 275 g/mol. The third kappa shape index (κ3) is 5.08. The van der Waals surface area contributed by atoms with Crippen LogP contribution in [0.25, 0.3) is 0 Å². The van der Waals surface area contributed by atoms with Crippen molar-refractivity contribution in [2.45, 2.75) is 32.0 Å². The minimum absolute atomic E-state index is 0.201. The molecule has 0 saturated heterocycles. The van der Waals surface area contributed by atoms with Gasteiger partial charge in [-0.1, -0.05) is 6.07 Å². The minimum atomic E-state index is -4.24. The molecule has 0 amide bonds. The number of carbonyl (C=O) groups excluding carboxylic acids is 1. The molecule has 20 heavy (non-hydrogen) atoms. The molecule has 0 bridgehead atoms. The highest BCUT2D eigenvalue weighted by molar-refractivity contribution is 5.70. The van der Waals surface area contributed by atoms with Gasteiger partial charge in [0.05, 0.1) is 7.11 Å². The Hall–Kier alpha value is -1.76. The van der Waals surface area contributed by atoms with Gasteiger partial charge in [-0.3, -0.25) is 4.79 Å². The van der Waals surface area contributed by atoms with Crippen LogP contribution >= 0.6 is 0 Å². The molecule has 1 rings (SSSR count). The molecule has 4 nitrogen and oxygen atoms in total. The number of hydrogen-bond acceptors (Lipinski definition) is 4. The van der Waals surface area contributed by atoms with Crippen molar-refractivity contribution >= 4 is 5.97 Å². The van der Waals surface area contributed by atoms with Gasteiger partial charge >= 0.3 is 12.1 Å². The Morgan fingerprint density at radius 3 is 2.50 bits per heavy atom. The highest BCUT2D eigenvalue weighted by atomic mass is 19.4. The highest BCUT2D eigenvalue weighted by Gasteiger charge is 2.28. The Bertz CT molecular complexity index is 474. The van der Waals surface area contributed by atoms with Crippen LogP contribution in [0.4, 0.5) is 13.2 Å². The molecule has 0 aliphatic heterocycles. The Morgan fingerprint density at radius 1 is 1.35 bits per heavy atom. The predicted octanol–water partition coefficient (Wildman–Crippen LogP) is 2.96. The summed E-state index contributed by atoms with van der Waals surface area (Å²) in [4.78, 5) is 10.9. The third-order valence-corrected chi connectivity index (χ3v) is 2.61. The fourth-order valence-electron chi connectivity index (χ4n) is 1.64. The summed E-state index contributed by atoms with van der Waals surface area (Å²) in [6.45, 7) is 1.24. The van der Waals surface area contributed by atoms with E-state index < -0.39 is 24.6 Å². The summed E-state index contributed by atoms with van der Waals surface area (Å²) < 4.78 is 46.4.